The molecular formula is C25H15N3O3. The molecule has 0 amide bonds. The van der Waals surface area contributed by atoms with Crippen LogP contribution in [0.25, 0.3) is 11.1 Å². The highest BCUT2D eigenvalue weighted by molar-refractivity contribution is 6.29. The molecule has 0 saturated carbocycles. The van der Waals surface area contributed by atoms with E-state index in [1.165, 1.54) is 24.3 Å². The first-order chi connectivity index (χ1) is 15.1. The Labute approximate surface area is 177 Å². The van der Waals surface area contributed by atoms with Crippen molar-refractivity contribution in [2.45, 2.75) is 0 Å². The van der Waals surface area contributed by atoms with E-state index >= 15 is 0 Å². The summed E-state index contributed by atoms with van der Waals surface area (Å²) >= 11 is 0. The maximum absolute atomic E-state index is 13.4. The number of non-ortho nitro benzene ring substituents is 1. The van der Waals surface area contributed by atoms with Crippen LogP contribution in [0.1, 0.15) is 16.7 Å². The minimum Gasteiger partial charge on any atom is -0.287 e. The molecule has 0 N–H and O–H groups in total. The van der Waals surface area contributed by atoms with Crippen LogP contribution in [0.5, 0.6) is 0 Å². The molecule has 0 aromatic heterocycles. The Balaban J connectivity index is 1.56. The van der Waals surface area contributed by atoms with E-state index in [0.29, 0.717) is 11.3 Å². The predicted octanol–water partition coefficient (Wildman–Crippen LogP) is 6.04. The highest BCUT2D eigenvalue weighted by Crippen LogP contribution is 2.47. The van der Waals surface area contributed by atoms with Gasteiger partial charge in [0.05, 0.1) is 10.6 Å². The molecule has 0 aliphatic heterocycles. The number of fused-ring (bicyclic) bond motifs is 3. The Morgan fingerprint density at radius 2 is 1.39 bits per heavy atom. The smallest absolute Gasteiger partial charge is 0.269 e. The predicted molar refractivity (Wildman–Crippen MR) is 118 cm³/mol. The molecule has 0 bridgehead atoms. The minimum atomic E-state index is -0.476. The quantitative estimate of drug-likeness (QED) is 0.301. The van der Waals surface area contributed by atoms with E-state index in [1.807, 2.05) is 60.7 Å². The van der Waals surface area contributed by atoms with Gasteiger partial charge in [-0.2, -0.15) is 5.11 Å². The van der Waals surface area contributed by atoms with Crippen molar-refractivity contribution in [1.82, 2.24) is 0 Å². The number of carbonyl (C=O) groups is 1. The summed E-state index contributed by atoms with van der Waals surface area (Å²) in [6, 6.07) is 23.5. The van der Waals surface area contributed by atoms with Crippen LogP contribution in [0, 0.1) is 10.1 Å². The molecule has 6 nitrogen and oxygen atoms in total. The maximum Gasteiger partial charge on any atom is 0.269 e. The summed E-state index contributed by atoms with van der Waals surface area (Å²) in [5.74, 6) is -0.196. The van der Waals surface area contributed by atoms with Gasteiger partial charge in [-0.25, -0.2) is 0 Å². The van der Waals surface area contributed by atoms with Gasteiger partial charge in [0, 0.05) is 23.3 Å². The van der Waals surface area contributed by atoms with Crippen molar-refractivity contribution in [3.63, 3.8) is 0 Å². The van der Waals surface area contributed by atoms with Crippen LogP contribution in [0.2, 0.25) is 0 Å². The molecule has 6 heteroatoms. The van der Waals surface area contributed by atoms with Gasteiger partial charge in [-0.15, -0.1) is 5.11 Å². The lowest BCUT2D eigenvalue weighted by atomic mass is 9.91. The van der Waals surface area contributed by atoms with E-state index in [1.54, 1.807) is 6.08 Å². The van der Waals surface area contributed by atoms with E-state index in [9.17, 15) is 14.9 Å². The number of ketones is 1. The van der Waals surface area contributed by atoms with Crippen LogP contribution in [-0.2, 0) is 4.79 Å². The molecule has 0 spiro atoms. The molecule has 0 saturated heterocycles. The van der Waals surface area contributed by atoms with Crippen molar-refractivity contribution >= 4 is 28.3 Å². The molecule has 31 heavy (non-hydrogen) atoms. The second-order valence-electron chi connectivity index (χ2n) is 7.10. The zero-order chi connectivity index (χ0) is 21.4. The number of Topliss-reactive ketones (excluding diaryl/α,β-unsaturated/α-hetero) is 1. The number of allylic oxidation sites excluding steroid dienone is 4. The molecular weight excluding hydrogens is 390 g/mol. The molecule has 0 atom stereocenters. The Hall–Kier alpha value is -4.45. The fourth-order valence-corrected chi connectivity index (χ4v) is 3.85. The van der Waals surface area contributed by atoms with Crippen molar-refractivity contribution in [3.05, 3.63) is 129 Å². The largest absolute Gasteiger partial charge is 0.287 e. The highest BCUT2D eigenvalue weighted by atomic mass is 16.6. The number of azo groups is 1. The van der Waals surface area contributed by atoms with Gasteiger partial charge in [-0.3, -0.25) is 14.9 Å². The van der Waals surface area contributed by atoms with Crippen LogP contribution in [0.3, 0.4) is 0 Å². The molecule has 3 aromatic carbocycles. The second-order valence-corrected chi connectivity index (χ2v) is 7.10. The van der Waals surface area contributed by atoms with Gasteiger partial charge in [0.25, 0.3) is 5.69 Å². The highest BCUT2D eigenvalue weighted by Gasteiger charge is 2.34. The Morgan fingerprint density at radius 1 is 0.710 bits per heavy atom. The van der Waals surface area contributed by atoms with Gasteiger partial charge in [-0.1, -0.05) is 60.7 Å². The first kappa shape index (κ1) is 18.6. The number of nitro groups is 1. The topological polar surface area (TPSA) is 84.9 Å². The van der Waals surface area contributed by atoms with Gasteiger partial charge >= 0.3 is 0 Å². The van der Waals surface area contributed by atoms with Gasteiger partial charge < -0.3 is 0 Å². The van der Waals surface area contributed by atoms with E-state index in [2.05, 4.69) is 10.2 Å². The molecule has 0 radical (unpaired) electrons. The zero-order valence-electron chi connectivity index (χ0n) is 16.2. The SMILES string of the molecule is O=C1C(N=Nc2ccc([N+](=O)[O-])cc2)=CC=C2C1=C(c1ccccc1)c1ccccc12. The van der Waals surface area contributed by atoms with Crippen molar-refractivity contribution < 1.29 is 9.72 Å². The number of nitro benzene ring substituents is 1. The number of hydrogen-bond donors (Lipinski definition) is 0. The van der Waals surface area contributed by atoms with E-state index in [-0.39, 0.29) is 17.2 Å². The average molecular weight is 405 g/mol. The fraction of sp³-hybridized carbons (Fsp3) is 0. The van der Waals surface area contributed by atoms with Gasteiger partial charge in [-0.05, 0) is 40.5 Å². The molecule has 0 fully saturated rings. The van der Waals surface area contributed by atoms with Crippen molar-refractivity contribution in [1.29, 1.82) is 0 Å². The second kappa shape index (κ2) is 7.42. The van der Waals surface area contributed by atoms with Gasteiger partial charge in [0.2, 0.25) is 5.78 Å². The van der Waals surface area contributed by atoms with E-state index < -0.39 is 4.92 Å². The molecule has 0 unspecified atom stereocenters. The summed E-state index contributed by atoms with van der Waals surface area (Å²) in [6.45, 7) is 0. The first-order valence-electron chi connectivity index (χ1n) is 9.66. The van der Waals surface area contributed by atoms with Gasteiger partial charge in [0.15, 0.2) is 0 Å². The molecule has 3 aromatic rings. The number of nitrogens with zero attached hydrogens (tertiary/aromatic N) is 3. The third-order valence-corrected chi connectivity index (χ3v) is 5.27. The van der Waals surface area contributed by atoms with Gasteiger partial charge in [0.1, 0.15) is 5.70 Å². The summed E-state index contributed by atoms with van der Waals surface area (Å²) in [4.78, 5) is 23.7. The standard InChI is InChI=1S/C25H15N3O3/c29-25-22(27-26-17-10-12-18(13-11-17)28(30)31)15-14-21-19-8-4-5-9-20(19)23(24(21)25)16-6-2-1-3-7-16/h1-15H. The lowest BCUT2D eigenvalue weighted by Gasteiger charge is -2.12. The van der Waals surface area contributed by atoms with Crippen molar-refractivity contribution in [2.75, 3.05) is 0 Å². The number of hydrogen-bond acceptors (Lipinski definition) is 5. The average Bonchev–Trinajstić information content (AvgIpc) is 3.15. The van der Waals surface area contributed by atoms with Crippen LogP contribution in [-0.4, -0.2) is 10.7 Å². The number of benzene rings is 3. The zero-order valence-corrected chi connectivity index (χ0v) is 16.2. The van der Waals surface area contributed by atoms with Crippen LogP contribution in [0.4, 0.5) is 11.4 Å². The third-order valence-electron chi connectivity index (χ3n) is 5.27. The van der Waals surface area contributed by atoms with Crippen LogP contribution >= 0.6 is 0 Å². The number of rotatable bonds is 4. The van der Waals surface area contributed by atoms with Crippen molar-refractivity contribution in [2.24, 2.45) is 10.2 Å². The summed E-state index contributed by atoms with van der Waals surface area (Å²) in [5, 5.41) is 19.0. The van der Waals surface area contributed by atoms with Crippen LogP contribution < -0.4 is 0 Å². The van der Waals surface area contributed by atoms with Crippen LogP contribution in [0.15, 0.2) is 113 Å². The third kappa shape index (κ3) is 3.20. The van der Waals surface area contributed by atoms with Crippen molar-refractivity contribution in [3.8, 4) is 0 Å². The lowest BCUT2D eigenvalue weighted by molar-refractivity contribution is -0.384. The summed E-state index contributed by atoms with van der Waals surface area (Å²) in [6.07, 6.45) is 3.57. The Kier molecular flexibility index (Phi) is 4.45. The number of carbonyl (C=O) groups excluding carboxylic acids is 1. The summed E-state index contributed by atoms with van der Waals surface area (Å²) in [7, 11) is 0. The Bertz CT molecular complexity index is 1350. The minimum absolute atomic E-state index is 0.0270. The summed E-state index contributed by atoms with van der Waals surface area (Å²) < 4.78 is 0. The van der Waals surface area contributed by atoms with E-state index in [0.717, 1.165) is 27.8 Å². The monoisotopic (exact) mass is 405 g/mol. The molecule has 0 heterocycles. The first-order valence-corrected chi connectivity index (χ1v) is 9.66. The maximum atomic E-state index is 13.4. The summed E-state index contributed by atoms with van der Waals surface area (Å²) in [5.41, 5.74) is 6.03. The fourth-order valence-electron chi connectivity index (χ4n) is 3.85. The normalized spacial score (nSPS) is 14.9. The molecule has 2 aliphatic rings. The molecule has 2 aliphatic carbocycles. The lowest BCUT2D eigenvalue weighted by Crippen LogP contribution is -2.09. The van der Waals surface area contributed by atoms with E-state index in [4.69, 9.17) is 0 Å². The Morgan fingerprint density at radius 3 is 2.10 bits per heavy atom. The molecule has 5 rings (SSSR count). The molecule has 148 valence electrons.